The van der Waals surface area contributed by atoms with Crippen LogP contribution in [0.5, 0.6) is 5.75 Å². The summed E-state index contributed by atoms with van der Waals surface area (Å²) >= 11 is 0. The van der Waals surface area contributed by atoms with Crippen molar-refractivity contribution in [3.05, 3.63) is 35.9 Å². The number of nitrogens with two attached hydrogens (primary N) is 1. The lowest BCUT2D eigenvalue weighted by Gasteiger charge is -2.24. The molecule has 0 saturated carbocycles. The Hall–Kier alpha value is -1.69. The van der Waals surface area contributed by atoms with Crippen LogP contribution in [0.1, 0.15) is 5.56 Å². The third kappa shape index (κ3) is 2.27. The molecule has 0 saturated heterocycles. The van der Waals surface area contributed by atoms with Crippen LogP contribution in [-0.2, 0) is 4.74 Å². The van der Waals surface area contributed by atoms with Gasteiger partial charge in [0, 0.05) is 17.3 Å². The highest BCUT2D eigenvalue weighted by Gasteiger charge is 2.35. The van der Waals surface area contributed by atoms with Gasteiger partial charge in [-0.1, -0.05) is 12.1 Å². The van der Waals surface area contributed by atoms with E-state index < -0.39 is 12.7 Å². The van der Waals surface area contributed by atoms with Crippen LogP contribution < -0.4 is 10.5 Å². The van der Waals surface area contributed by atoms with E-state index >= 15 is 0 Å². The quantitative estimate of drug-likeness (QED) is 0.806. The molecule has 2 N–H and O–H groups in total. The van der Waals surface area contributed by atoms with Crippen molar-refractivity contribution in [3.8, 4) is 5.75 Å². The molecule has 86 valence electrons. The Balaban J connectivity index is 2.23. The van der Waals surface area contributed by atoms with Crippen molar-refractivity contribution < 1.29 is 22.6 Å². The molecule has 1 aromatic carbocycles. The van der Waals surface area contributed by atoms with E-state index in [2.05, 4.69) is 4.74 Å². The molecule has 16 heavy (non-hydrogen) atoms. The molecule has 0 radical (unpaired) electrons. The van der Waals surface area contributed by atoms with Gasteiger partial charge < -0.3 is 10.5 Å². The van der Waals surface area contributed by atoms with Crippen molar-refractivity contribution in [3.63, 3.8) is 0 Å². The lowest BCUT2D eigenvalue weighted by molar-refractivity contribution is -0.358. The minimum Gasteiger partial charge on any atom is -0.460 e. The number of fused-ring (bicyclic) bond motifs is 1. The SMILES string of the molecule is NC1=CC(OC(F)(F)F)Oc2ccccc21. The molecular formula is C10H8F3NO2. The largest absolute Gasteiger partial charge is 0.525 e. The van der Waals surface area contributed by atoms with Gasteiger partial charge in [-0.15, -0.1) is 13.2 Å². The van der Waals surface area contributed by atoms with Gasteiger partial charge in [0.2, 0.25) is 6.29 Å². The fourth-order valence-electron chi connectivity index (χ4n) is 1.39. The molecular weight excluding hydrogens is 223 g/mol. The first-order valence-corrected chi connectivity index (χ1v) is 4.43. The molecule has 3 nitrogen and oxygen atoms in total. The van der Waals surface area contributed by atoms with Crippen LogP contribution in [0.4, 0.5) is 13.2 Å². The lowest BCUT2D eigenvalue weighted by Crippen LogP contribution is -2.30. The maximum Gasteiger partial charge on any atom is 0.525 e. The van der Waals surface area contributed by atoms with Crippen LogP contribution >= 0.6 is 0 Å². The Bertz CT molecular complexity index is 428. The number of alkyl halides is 3. The molecule has 0 aromatic heterocycles. The number of para-hydroxylation sites is 1. The topological polar surface area (TPSA) is 44.5 Å². The summed E-state index contributed by atoms with van der Waals surface area (Å²) in [6.45, 7) is 0. The molecule has 1 heterocycles. The predicted molar refractivity (Wildman–Crippen MR) is 50.2 cm³/mol. The molecule has 1 aliphatic heterocycles. The maximum atomic E-state index is 12.0. The minimum atomic E-state index is -4.76. The van der Waals surface area contributed by atoms with Gasteiger partial charge in [0.15, 0.2) is 0 Å². The highest BCUT2D eigenvalue weighted by molar-refractivity contribution is 5.69. The van der Waals surface area contributed by atoms with E-state index in [1.54, 1.807) is 18.2 Å². The molecule has 1 aliphatic rings. The van der Waals surface area contributed by atoms with E-state index in [9.17, 15) is 13.2 Å². The van der Waals surface area contributed by atoms with Crippen molar-refractivity contribution in [2.45, 2.75) is 12.7 Å². The molecule has 0 fully saturated rings. The summed E-state index contributed by atoms with van der Waals surface area (Å²) < 4.78 is 44.6. The van der Waals surface area contributed by atoms with Gasteiger partial charge in [0.05, 0.1) is 0 Å². The second kappa shape index (κ2) is 3.71. The highest BCUT2D eigenvalue weighted by atomic mass is 19.4. The van der Waals surface area contributed by atoms with Gasteiger partial charge in [-0.05, 0) is 12.1 Å². The monoisotopic (exact) mass is 231 g/mol. The van der Waals surface area contributed by atoms with Crippen molar-refractivity contribution in [2.24, 2.45) is 5.73 Å². The number of benzene rings is 1. The summed E-state index contributed by atoms with van der Waals surface area (Å²) in [4.78, 5) is 0. The Morgan fingerprint density at radius 3 is 2.62 bits per heavy atom. The Kier molecular flexibility index (Phi) is 2.51. The highest BCUT2D eigenvalue weighted by Crippen LogP contribution is 2.31. The Labute approximate surface area is 89.3 Å². The average Bonchev–Trinajstić information content (AvgIpc) is 2.15. The van der Waals surface area contributed by atoms with E-state index in [1.807, 2.05) is 0 Å². The number of halogens is 3. The zero-order valence-electron chi connectivity index (χ0n) is 7.99. The molecule has 2 rings (SSSR count). The molecule has 0 aliphatic carbocycles. The van der Waals surface area contributed by atoms with Crippen LogP contribution in [-0.4, -0.2) is 12.7 Å². The number of ether oxygens (including phenoxy) is 2. The molecule has 0 amide bonds. The van der Waals surface area contributed by atoms with Crippen molar-refractivity contribution in [1.29, 1.82) is 0 Å². The molecule has 6 heteroatoms. The van der Waals surface area contributed by atoms with Crippen LogP contribution in [0.25, 0.3) is 5.70 Å². The second-order valence-electron chi connectivity index (χ2n) is 3.17. The number of hydrogen-bond donors (Lipinski definition) is 1. The number of hydrogen-bond acceptors (Lipinski definition) is 3. The lowest BCUT2D eigenvalue weighted by atomic mass is 10.1. The first kappa shape index (κ1) is 10.8. The Morgan fingerprint density at radius 2 is 1.94 bits per heavy atom. The van der Waals surface area contributed by atoms with Gasteiger partial charge in [-0.2, -0.15) is 0 Å². The fourth-order valence-corrected chi connectivity index (χ4v) is 1.39. The van der Waals surface area contributed by atoms with E-state index in [1.165, 1.54) is 6.07 Å². The summed E-state index contributed by atoms with van der Waals surface area (Å²) in [6.07, 6.45) is -5.21. The van der Waals surface area contributed by atoms with E-state index in [0.717, 1.165) is 6.08 Å². The smallest absolute Gasteiger partial charge is 0.460 e. The molecule has 1 atom stereocenters. The fraction of sp³-hybridized carbons (Fsp3) is 0.200. The summed E-state index contributed by atoms with van der Waals surface area (Å²) in [6, 6.07) is 6.54. The van der Waals surface area contributed by atoms with Gasteiger partial charge in [-0.25, -0.2) is 4.74 Å². The van der Waals surface area contributed by atoms with Gasteiger partial charge in [0.1, 0.15) is 5.75 Å². The predicted octanol–water partition coefficient (Wildman–Crippen LogP) is 2.24. The van der Waals surface area contributed by atoms with Crippen LogP contribution in [0.15, 0.2) is 30.3 Å². The van der Waals surface area contributed by atoms with E-state index in [4.69, 9.17) is 10.5 Å². The van der Waals surface area contributed by atoms with Crippen molar-refractivity contribution >= 4 is 5.70 Å². The summed E-state index contributed by atoms with van der Waals surface area (Å²) in [5.41, 5.74) is 6.35. The zero-order valence-corrected chi connectivity index (χ0v) is 7.99. The maximum absolute atomic E-state index is 12.0. The van der Waals surface area contributed by atoms with Crippen LogP contribution in [0.2, 0.25) is 0 Å². The normalized spacial score (nSPS) is 19.7. The minimum absolute atomic E-state index is 0.205. The van der Waals surface area contributed by atoms with Gasteiger partial charge in [-0.3, -0.25) is 0 Å². The van der Waals surface area contributed by atoms with E-state index in [-0.39, 0.29) is 11.4 Å². The zero-order chi connectivity index (χ0) is 11.8. The summed E-state index contributed by atoms with van der Waals surface area (Å²) in [7, 11) is 0. The Morgan fingerprint density at radius 1 is 1.25 bits per heavy atom. The second-order valence-corrected chi connectivity index (χ2v) is 3.17. The summed E-state index contributed by atoms with van der Waals surface area (Å²) in [5.74, 6) is 0.275. The van der Waals surface area contributed by atoms with Crippen molar-refractivity contribution in [1.82, 2.24) is 0 Å². The molecule has 0 bridgehead atoms. The average molecular weight is 231 g/mol. The molecule has 1 unspecified atom stereocenters. The third-order valence-corrected chi connectivity index (χ3v) is 2.01. The first-order chi connectivity index (χ1) is 7.46. The third-order valence-electron chi connectivity index (χ3n) is 2.01. The standard InChI is InChI=1S/C10H8F3NO2/c11-10(12,13)16-9-5-7(14)6-3-1-2-4-8(6)15-9/h1-5,9H,14H2. The van der Waals surface area contributed by atoms with Gasteiger partial charge >= 0.3 is 6.36 Å². The molecule has 0 spiro atoms. The summed E-state index contributed by atoms with van der Waals surface area (Å²) in [5, 5.41) is 0. The van der Waals surface area contributed by atoms with Crippen molar-refractivity contribution in [2.75, 3.05) is 0 Å². The van der Waals surface area contributed by atoms with Crippen LogP contribution in [0.3, 0.4) is 0 Å². The van der Waals surface area contributed by atoms with E-state index in [0.29, 0.717) is 5.56 Å². The van der Waals surface area contributed by atoms with Gasteiger partial charge in [0.25, 0.3) is 0 Å². The number of rotatable bonds is 1. The first-order valence-electron chi connectivity index (χ1n) is 4.43. The van der Waals surface area contributed by atoms with Crippen LogP contribution in [0, 0.1) is 0 Å². The molecule has 1 aromatic rings.